The van der Waals surface area contributed by atoms with Gasteiger partial charge in [-0.05, 0) is 57.7 Å². The molecule has 4 aromatic carbocycles. The average Bonchev–Trinajstić information content (AvgIpc) is 2.84. The lowest BCUT2D eigenvalue weighted by Gasteiger charge is -2.18. The number of terminal acetylenes is 2. The summed E-state index contributed by atoms with van der Waals surface area (Å²) in [7, 11) is 0. The second-order valence-corrected chi connectivity index (χ2v) is 6.93. The Morgan fingerprint density at radius 3 is 1.00 bits per heavy atom. The van der Waals surface area contributed by atoms with Crippen molar-refractivity contribution in [2.75, 3.05) is 0 Å². The van der Waals surface area contributed by atoms with Crippen LogP contribution in [0.25, 0.3) is 11.1 Å². The van der Waals surface area contributed by atoms with Crippen molar-refractivity contribution in [3.8, 4) is 24.7 Å². The van der Waals surface area contributed by atoms with Crippen LogP contribution < -0.4 is 0 Å². The van der Waals surface area contributed by atoms with Crippen LogP contribution in [0.5, 0.6) is 0 Å². The maximum Gasteiger partial charge on any atom is 0.0243 e. The maximum atomic E-state index is 5.58. The largest absolute Gasteiger partial charge is 0.115 e. The molecule has 0 bridgehead atoms. The van der Waals surface area contributed by atoms with Crippen molar-refractivity contribution < 1.29 is 0 Å². The quantitative estimate of drug-likeness (QED) is 0.274. The minimum Gasteiger partial charge on any atom is -0.115 e. The fourth-order valence-electron chi connectivity index (χ4n) is 3.59. The summed E-state index contributed by atoms with van der Waals surface area (Å²) in [6, 6.07) is 37.2. The van der Waals surface area contributed by atoms with Crippen molar-refractivity contribution in [3.63, 3.8) is 0 Å². The zero-order valence-corrected chi connectivity index (χ0v) is 16.5. The highest BCUT2D eigenvalue weighted by molar-refractivity contribution is 6.04. The highest BCUT2D eigenvalue weighted by Crippen LogP contribution is 2.36. The summed E-state index contributed by atoms with van der Waals surface area (Å²) in [5.74, 6) is 5.40. The Labute approximate surface area is 178 Å². The Kier molecular flexibility index (Phi) is 5.61. The van der Waals surface area contributed by atoms with Gasteiger partial charge in [0.25, 0.3) is 0 Å². The standard InChI is InChI=1S/C30H20/c1-3-23-15-19-27(20-16-23)30(28-21-17-24(4-2)18-22-28)29(25-11-7-5-8-12-25)26-13-9-6-10-14-26/h1-2,5-22H. The topological polar surface area (TPSA) is 0 Å². The van der Waals surface area contributed by atoms with Crippen molar-refractivity contribution >= 4 is 11.1 Å². The fourth-order valence-corrected chi connectivity index (χ4v) is 3.59. The van der Waals surface area contributed by atoms with Gasteiger partial charge in [0.2, 0.25) is 0 Å². The summed E-state index contributed by atoms with van der Waals surface area (Å²) in [4.78, 5) is 0. The van der Waals surface area contributed by atoms with E-state index in [1.54, 1.807) is 0 Å². The maximum absolute atomic E-state index is 5.58. The molecule has 0 fully saturated rings. The van der Waals surface area contributed by atoms with E-state index in [9.17, 15) is 0 Å². The summed E-state index contributed by atoms with van der Waals surface area (Å²) in [6.45, 7) is 0. The number of hydrogen-bond acceptors (Lipinski definition) is 0. The van der Waals surface area contributed by atoms with Gasteiger partial charge >= 0.3 is 0 Å². The highest BCUT2D eigenvalue weighted by atomic mass is 14.2. The molecule has 0 heteroatoms. The average molecular weight is 380 g/mol. The van der Waals surface area contributed by atoms with Gasteiger partial charge in [0.05, 0.1) is 0 Å². The summed E-state index contributed by atoms with van der Waals surface area (Å²) >= 11 is 0. The second-order valence-electron chi connectivity index (χ2n) is 6.93. The Bertz CT molecular complexity index is 1140. The molecular formula is C30H20. The third kappa shape index (κ3) is 3.95. The van der Waals surface area contributed by atoms with Crippen LogP contribution in [0, 0.1) is 24.7 Å². The molecule has 0 radical (unpaired) electrons. The molecule has 0 aliphatic rings. The molecule has 4 aromatic rings. The molecule has 0 saturated carbocycles. The van der Waals surface area contributed by atoms with Gasteiger partial charge in [-0.3, -0.25) is 0 Å². The molecule has 0 nitrogen and oxygen atoms in total. The summed E-state index contributed by atoms with van der Waals surface area (Å²) < 4.78 is 0. The van der Waals surface area contributed by atoms with Crippen molar-refractivity contribution in [1.82, 2.24) is 0 Å². The third-order valence-corrected chi connectivity index (χ3v) is 5.06. The molecule has 0 aromatic heterocycles. The zero-order chi connectivity index (χ0) is 20.8. The lowest BCUT2D eigenvalue weighted by atomic mass is 9.85. The van der Waals surface area contributed by atoms with Gasteiger partial charge in [0.15, 0.2) is 0 Å². The van der Waals surface area contributed by atoms with E-state index < -0.39 is 0 Å². The first-order valence-corrected chi connectivity index (χ1v) is 9.79. The molecule has 0 heterocycles. The van der Waals surface area contributed by atoms with Crippen LogP contribution in [-0.2, 0) is 0 Å². The summed E-state index contributed by atoms with van der Waals surface area (Å²) in [5.41, 5.74) is 8.54. The molecule has 140 valence electrons. The molecule has 0 saturated heterocycles. The van der Waals surface area contributed by atoms with Gasteiger partial charge in [-0.1, -0.05) is 96.8 Å². The fraction of sp³-hybridized carbons (Fsp3) is 0. The van der Waals surface area contributed by atoms with Gasteiger partial charge in [-0.2, -0.15) is 0 Å². The first kappa shape index (κ1) is 19.1. The van der Waals surface area contributed by atoms with E-state index in [1.807, 2.05) is 36.4 Å². The predicted molar refractivity (Wildman–Crippen MR) is 127 cm³/mol. The van der Waals surface area contributed by atoms with Crippen LogP contribution >= 0.6 is 0 Å². The Hall–Kier alpha value is -4.26. The van der Waals surface area contributed by atoms with E-state index in [0.29, 0.717) is 0 Å². The first-order chi connectivity index (χ1) is 14.8. The van der Waals surface area contributed by atoms with Gasteiger partial charge in [-0.15, -0.1) is 12.8 Å². The second kappa shape index (κ2) is 8.83. The lowest BCUT2D eigenvalue weighted by molar-refractivity contribution is 1.49. The van der Waals surface area contributed by atoms with Crippen LogP contribution in [0.4, 0.5) is 0 Å². The molecule has 0 amide bonds. The van der Waals surface area contributed by atoms with Gasteiger partial charge in [0, 0.05) is 11.1 Å². The van der Waals surface area contributed by atoms with E-state index in [-0.39, 0.29) is 0 Å². The first-order valence-electron chi connectivity index (χ1n) is 9.79. The van der Waals surface area contributed by atoms with Crippen LogP contribution in [0.15, 0.2) is 109 Å². The molecule has 0 aliphatic carbocycles. The van der Waals surface area contributed by atoms with Crippen LogP contribution in [0.2, 0.25) is 0 Å². The van der Waals surface area contributed by atoms with E-state index >= 15 is 0 Å². The van der Waals surface area contributed by atoms with Crippen LogP contribution in [0.3, 0.4) is 0 Å². The van der Waals surface area contributed by atoms with Crippen molar-refractivity contribution in [2.45, 2.75) is 0 Å². The molecule has 0 atom stereocenters. The molecule has 30 heavy (non-hydrogen) atoms. The van der Waals surface area contributed by atoms with Crippen molar-refractivity contribution in [2.24, 2.45) is 0 Å². The van der Waals surface area contributed by atoms with E-state index in [2.05, 4.69) is 84.6 Å². The van der Waals surface area contributed by atoms with Crippen LogP contribution in [-0.4, -0.2) is 0 Å². The third-order valence-electron chi connectivity index (χ3n) is 5.06. The Morgan fingerprint density at radius 1 is 0.400 bits per heavy atom. The highest BCUT2D eigenvalue weighted by Gasteiger charge is 2.16. The number of hydrogen-bond donors (Lipinski definition) is 0. The van der Waals surface area contributed by atoms with E-state index in [4.69, 9.17) is 12.8 Å². The minimum absolute atomic E-state index is 0.863. The summed E-state index contributed by atoms with van der Waals surface area (Å²) in [5, 5.41) is 0. The predicted octanol–water partition coefficient (Wildman–Crippen LogP) is 6.66. The smallest absolute Gasteiger partial charge is 0.0243 e. The molecular weight excluding hydrogens is 360 g/mol. The van der Waals surface area contributed by atoms with Crippen LogP contribution in [0.1, 0.15) is 33.4 Å². The van der Waals surface area contributed by atoms with Gasteiger partial charge in [-0.25, -0.2) is 0 Å². The minimum atomic E-state index is 0.863. The molecule has 0 spiro atoms. The Balaban J connectivity index is 2.06. The van der Waals surface area contributed by atoms with Gasteiger partial charge in [0.1, 0.15) is 0 Å². The Morgan fingerprint density at radius 2 is 0.700 bits per heavy atom. The lowest BCUT2D eigenvalue weighted by Crippen LogP contribution is -1.97. The number of benzene rings is 4. The van der Waals surface area contributed by atoms with E-state index in [0.717, 1.165) is 44.5 Å². The summed E-state index contributed by atoms with van der Waals surface area (Å²) in [6.07, 6.45) is 11.2. The molecule has 0 unspecified atom stereocenters. The molecule has 0 N–H and O–H groups in total. The van der Waals surface area contributed by atoms with Crippen molar-refractivity contribution in [3.05, 3.63) is 143 Å². The normalized spacial score (nSPS) is 9.93. The zero-order valence-electron chi connectivity index (χ0n) is 16.5. The monoisotopic (exact) mass is 380 g/mol. The van der Waals surface area contributed by atoms with Gasteiger partial charge < -0.3 is 0 Å². The molecule has 0 aliphatic heterocycles. The SMILES string of the molecule is C#Cc1ccc(C(=C(c2ccccc2)c2ccccc2)c2ccc(C#C)cc2)cc1. The van der Waals surface area contributed by atoms with E-state index in [1.165, 1.54) is 0 Å². The molecule has 4 rings (SSSR count). The van der Waals surface area contributed by atoms with Crippen molar-refractivity contribution in [1.29, 1.82) is 0 Å². The number of rotatable bonds is 4.